The van der Waals surface area contributed by atoms with Crippen molar-refractivity contribution in [2.24, 2.45) is 0 Å². The molecule has 0 aliphatic carbocycles. The van der Waals surface area contributed by atoms with E-state index in [-0.39, 0.29) is 12.6 Å². The molecule has 130 valence electrons. The standard InChI is InChI=1S/C20H17N3O3/c24-19(22-12-16-11-14-4-1-2-6-18(14)26-16)20(25)23-15-7-8-17-13(10-15)5-3-9-21-17/h1-10,16H,11-12H2,(H,22,24)(H,23,25). The quantitative estimate of drug-likeness (QED) is 0.713. The second-order valence-electron chi connectivity index (χ2n) is 6.13. The second kappa shape index (κ2) is 6.84. The summed E-state index contributed by atoms with van der Waals surface area (Å²) in [4.78, 5) is 28.4. The first kappa shape index (κ1) is 16.1. The van der Waals surface area contributed by atoms with E-state index in [0.717, 1.165) is 28.6 Å². The van der Waals surface area contributed by atoms with Gasteiger partial charge in [0.05, 0.1) is 12.1 Å². The molecular formula is C20H17N3O3. The Morgan fingerprint density at radius 3 is 2.85 bits per heavy atom. The maximum absolute atomic E-state index is 12.1. The third-order valence-corrected chi connectivity index (χ3v) is 4.27. The van der Waals surface area contributed by atoms with Gasteiger partial charge in [0.15, 0.2) is 0 Å². The molecule has 1 unspecified atom stereocenters. The topological polar surface area (TPSA) is 80.3 Å². The second-order valence-corrected chi connectivity index (χ2v) is 6.13. The van der Waals surface area contributed by atoms with Crippen molar-refractivity contribution in [3.05, 3.63) is 66.4 Å². The molecule has 0 fully saturated rings. The molecule has 0 spiro atoms. The zero-order valence-corrected chi connectivity index (χ0v) is 13.9. The smallest absolute Gasteiger partial charge is 0.313 e. The minimum atomic E-state index is -0.705. The van der Waals surface area contributed by atoms with Crippen LogP contribution in [0.1, 0.15) is 5.56 Å². The van der Waals surface area contributed by atoms with Gasteiger partial charge in [0.2, 0.25) is 0 Å². The number of nitrogens with zero attached hydrogens (tertiary/aromatic N) is 1. The molecule has 26 heavy (non-hydrogen) atoms. The van der Waals surface area contributed by atoms with Gasteiger partial charge in [0.1, 0.15) is 11.9 Å². The van der Waals surface area contributed by atoms with Crippen LogP contribution in [0.4, 0.5) is 5.69 Å². The largest absolute Gasteiger partial charge is 0.488 e. The van der Waals surface area contributed by atoms with E-state index in [2.05, 4.69) is 15.6 Å². The number of amides is 2. The van der Waals surface area contributed by atoms with E-state index in [0.29, 0.717) is 5.69 Å². The number of nitrogens with one attached hydrogen (secondary N) is 2. The van der Waals surface area contributed by atoms with Gasteiger partial charge in [-0.15, -0.1) is 0 Å². The van der Waals surface area contributed by atoms with Gasteiger partial charge in [-0.2, -0.15) is 0 Å². The molecule has 2 N–H and O–H groups in total. The van der Waals surface area contributed by atoms with Gasteiger partial charge in [-0.25, -0.2) is 0 Å². The molecule has 1 aliphatic heterocycles. The van der Waals surface area contributed by atoms with Crippen LogP contribution in [0, 0.1) is 0 Å². The highest BCUT2D eigenvalue weighted by Gasteiger charge is 2.24. The van der Waals surface area contributed by atoms with Crippen LogP contribution < -0.4 is 15.4 Å². The summed E-state index contributed by atoms with van der Waals surface area (Å²) in [6, 6.07) is 16.8. The SMILES string of the molecule is O=C(NCC1Cc2ccccc2O1)C(=O)Nc1ccc2ncccc2c1. The molecule has 3 aromatic rings. The fourth-order valence-electron chi connectivity index (χ4n) is 3.00. The van der Waals surface area contributed by atoms with E-state index < -0.39 is 11.8 Å². The molecule has 0 saturated heterocycles. The molecule has 0 radical (unpaired) electrons. The number of pyridine rings is 1. The molecule has 4 rings (SSSR count). The predicted octanol–water partition coefficient (Wildman–Crippen LogP) is 2.29. The summed E-state index contributed by atoms with van der Waals surface area (Å²) >= 11 is 0. The summed E-state index contributed by atoms with van der Waals surface area (Å²) in [7, 11) is 0. The Morgan fingerprint density at radius 2 is 1.96 bits per heavy atom. The lowest BCUT2D eigenvalue weighted by Crippen LogP contribution is -2.40. The first-order valence-corrected chi connectivity index (χ1v) is 8.37. The number of hydrogen-bond acceptors (Lipinski definition) is 4. The zero-order valence-electron chi connectivity index (χ0n) is 13.9. The Bertz CT molecular complexity index is 962. The third kappa shape index (κ3) is 3.35. The van der Waals surface area contributed by atoms with E-state index in [1.807, 2.05) is 36.4 Å². The Morgan fingerprint density at radius 1 is 1.08 bits per heavy atom. The molecule has 1 atom stereocenters. The number of carbonyl (C=O) groups excluding carboxylic acids is 2. The minimum absolute atomic E-state index is 0.157. The normalized spacial score (nSPS) is 15.2. The van der Waals surface area contributed by atoms with Gasteiger partial charge in [-0.3, -0.25) is 14.6 Å². The fraction of sp³-hybridized carbons (Fsp3) is 0.150. The molecular weight excluding hydrogens is 330 g/mol. The maximum atomic E-state index is 12.1. The predicted molar refractivity (Wildman–Crippen MR) is 97.9 cm³/mol. The highest BCUT2D eigenvalue weighted by molar-refractivity contribution is 6.39. The number of para-hydroxylation sites is 1. The highest BCUT2D eigenvalue weighted by atomic mass is 16.5. The average Bonchev–Trinajstić information content (AvgIpc) is 3.09. The highest BCUT2D eigenvalue weighted by Crippen LogP contribution is 2.27. The van der Waals surface area contributed by atoms with E-state index in [9.17, 15) is 9.59 Å². The number of hydrogen-bond donors (Lipinski definition) is 2. The van der Waals surface area contributed by atoms with Crippen molar-refractivity contribution in [3.8, 4) is 5.75 Å². The summed E-state index contributed by atoms with van der Waals surface area (Å²) in [6.07, 6.45) is 2.27. The summed E-state index contributed by atoms with van der Waals surface area (Å²) in [5, 5.41) is 6.13. The van der Waals surface area contributed by atoms with Crippen molar-refractivity contribution in [2.75, 3.05) is 11.9 Å². The van der Waals surface area contributed by atoms with Crippen LogP contribution in [0.3, 0.4) is 0 Å². The van der Waals surface area contributed by atoms with E-state index in [1.165, 1.54) is 0 Å². The van der Waals surface area contributed by atoms with Crippen LogP contribution in [0.2, 0.25) is 0 Å². The lowest BCUT2D eigenvalue weighted by atomic mass is 10.1. The van der Waals surface area contributed by atoms with Crippen LogP contribution in [0.25, 0.3) is 10.9 Å². The number of benzene rings is 2. The Kier molecular flexibility index (Phi) is 4.23. The molecule has 2 heterocycles. The molecule has 1 aliphatic rings. The van der Waals surface area contributed by atoms with Crippen LogP contribution in [0.15, 0.2) is 60.8 Å². The summed E-state index contributed by atoms with van der Waals surface area (Å²) in [5.41, 5.74) is 2.49. The molecule has 6 heteroatoms. The van der Waals surface area contributed by atoms with Crippen LogP contribution in [-0.2, 0) is 16.0 Å². The van der Waals surface area contributed by atoms with Crippen LogP contribution in [-0.4, -0.2) is 29.4 Å². The Hall–Kier alpha value is -3.41. The van der Waals surface area contributed by atoms with Crippen molar-refractivity contribution in [1.82, 2.24) is 10.3 Å². The number of anilines is 1. The molecule has 1 aromatic heterocycles. The first-order valence-electron chi connectivity index (χ1n) is 8.37. The van der Waals surface area contributed by atoms with Gasteiger partial charge in [-0.05, 0) is 35.9 Å². The van der Waals surface area contributed by atoms with Gasteiger partial charge in [-0.1, -0.05) is 24.3 Å². The summed E-state index contributed by atoms with van der Waals surface area (Å²) in [6.45, 7) is 0.280. The third-order valence-electron chi connectivity index (χ3n) is 4.27. The molecule has 2 aromatic carbocycles. The monoisotopic (exact) mass is 347 g/mol. The van der Waals surface area contributed by atoms with Gasteiger partial charge < -0.3 is 15.4 Å². The van der Waals surface area contributed by atoms with Gasteiger partial charge >= 0.3 is 11.8 Å². The number of rotatable bonds is 3. The fourth-order valence-corrected chi connectivity index (χ4v) is 3.00. The molecule has 0 saturated carbocycles. The van der Waals surface area contributed by atoms with Crippen LogP contribution in [0.5, 0.6) is 5.75 Å². The van der Waals surface area contributed by atoms with Crippen molar-refractivity contribution in [3.63, 3.8) is 0 Å². The van der Waals surface area contributed by atoms with E-state index in [1.54, 1.807) is 24.4 Å². The van der Waals surface area contributed by atoms with Crippen molar-refractivity contribution in [2.45, 2.75) is 12.5 Å². The minimum Gasteiger partial charge on any atom is -0.488 e. The van der Waals surface area contributed by atoms with Gasteiger partial charge in [0, 0.05) is 23.7 Å². The number of fused-ring (bicyclic) bond motifs is 2. The Labute approximate surface area is 150 Å². The lowest BCUT2D eigenvalue weighted by Gasteiger charge is -2.12. The number of carbonyl (C=O) groups is 2. The Balaban J connectivity index is 1.32. The van der Waals surface area contributed by atoms with Crippen LogP contribution >= 0.6 is 0 Å². The lowest BCUT2D eigenvalue weighted by molar-refractivity contribution is -0.136. The molecule has 0 bridgehead atoms. The van der Waals surface area contributed by atoms with E-state index >= 15 is 0 Å². The summed E-state index contributed by atoms with van der Waals surface area (Å²) < 4.78 is 5.75. The molecule has 2 amide bonds. The molecule has 6 nitrogen and oxygen atoms in total. The van der Waals surface area contributed by atoms with Crippen molar-refractivity contribution >= 4 is 28.4 Å². The number of aromatic nitrogens is 1. The zero-order chi connectivity index (χ0) is 17.9. The van der Waals surface area contributed by atoms with Gasteiger partial charge in [0.25, 0.3) is 0 Å². The average molecular weight is 347 g/mol. The first-order chi connectivity index (χ1) is 12.7. The van der Waals surface area contributed by atoms with Crippen molar-refractivity contribution in [1.29, 1.82) is 0 Å². The van der Waals surface area contributed by atoms with E-state index in [4.69, 9.17) is 4.74 Å². The number of ether oxygens (including phenoxy) is 1. The summed E-state index contributed by atoms with van der Waals surface area (Å²) in [5.74, 6) is -0.555. The van der Waals surface area contributed by atoms with Crippen molar-refractivity contribution < 1.29 is 14.3 Å². The maximum Gasteiger partial charge on any atom is 0.313 e.